The van der Waals surface area contributed by atoms with Crippen molar-refractivity contribution >= 4 is 43.5 Å². The summed E-state index contributed by atoms with van der Waals surface area (Å²) in [6.07, 6.45) is 4.06. The summed E-state index contributed by atoms with van der Waals surface area (Å²) >= 11 is 3.20. The molecule has 2 aromatic rings. The highest BCUT2D eigenvalue weighted by atomic mass is 79.9. The molecular weight excluding hydrogens is 372 g/mol. The quantitative estimate of drug-likeness (QED) is 0.868. The number of aromatic nitrogens is 2. The summed E-state index contributed by atoms with van der Waals surface area (Å²) in [5.41, 5.74) is 0.488. The van der Waals surface area contributed by atoms with Crippen LogP contribution in [0.2, 0.25) is 0 Å². The molecule has 2 rings (SSSR count). The van der Waals surface area contributed by atoms with Gasteiger partial charge in [-0.15, -0.1) is 0 Å². The van der Waals surface area contributed by atoms with E-state index in [1.54, 1.807) is 18.2 Å². The molecule has 1 heterocycles. The number of para-hydroxylation sites is 1. The van der Waals surface area contributed by atoms with Crippen LogP contribution in [-0.2, 0) is 10.0 Å². The van der Waals surface area contributed by atoms with Gasteiger partial charge in [-0.1, -0.05) is 12.1 Å². The van der Waals surface area contributed by atoms with Crippen molar-refractivity contribution in [1.29, 1.82) is 0 Å². The Morgan fingerprint density at radius 3 is 2.41 bits per heavy atom. The molecule has 1 N–H and O–H groups in total. The van der Waals surface area contributed by atoms with Gasteiger partial charge in [0.15, 0.2) is 0 Å². The van der Waals surface area contributed by atoms with Crippen LogP contribution in [0, 0.1) is 0 Å². The largest absolute Gasteiger partial charge is 0.290 e. The van der Waals surface area contributed by atoms with Crippen LogP contribution in [0.15, 0.2) is 41.1 Å². The number of carbonyl (C=O) groups excluding carboxylic acids is 1. The molecule has 0 bridgehead atoms. The summed E-state index contributed by atoms with van der Waals surface area (Å²) < 4.78 is 25.1. The summed E-state index contributed by atoms with van der Waals surface area (Å²) in [6.45, 7) is 0. The summed E-state index contributed by atoms with van der Waals surface area (Å²) in [5, 5.41) is 2.53. The second kappa shape index (κ2) is 6.41. The summed E-state index contributed by atoms with van der Waals surface area (Å²) in [7, 11) is -2.09. The maximum absolute atomic E-state index is 12.3. The standard InChI is InChI=1S/C13H13BrN4O3S/c1-18(22(2,20)21)11-6-4-3-5-10(11)12(19)17-13-15-7-9(14)8-16-13/h3-8H,1-2H3,(H,15,16,17,19). The van der Waals surface area contributed by atoms with E-state index >= 15 is 0 Å². The van der Waals surface area contributed by atoms with Gasteiger partial charge < -0.3 is 0 Å². The van der Waals surface area contributed by atoms with Gasteiger partial charge in [0.05, 0.1) is 22.0 Å². The lowest BCUT2D eigenvalue weighted by Gasteiger charge is -2.19. The first-order valence-corrected chi connectivity index (χ1v) is 8.75. The number of hydrogen-bond acceptors (Lipinski definition) is 5. The van der Waals surface area contributed by atoms with E-state index in [-0.39, 0.29) is 17.2 Å². The minimum atomic E-state index is -3.47. The van der Waals surface area contributed by atoms with E-state index in [0.29, 0.717) is 4.47 Å². The van der Waals surface area contributed by atoms with Crippen LogP contribution in [-0.4, -0.2) is 37.6 Å². The number of anilines is 2. The van der Waals surface area contributed by atoms with Gasteiger partial charge in [-0.3, -0.25) is 14.4 Å². The van der Waals surface area contributed by atoms with Gasteiger partial charge in [-0.2, -0.15) is 0 Å². The van der Waals surface area contributed by atoms with Gasteiger partial charge in [-0.05, 0) is 28.1 Å². The zero-order valence-electron chi connectivity index (χ0n) is 11.8. The monoisotopic (exact) mass is 384 g/mol. The Hall–Kier alpha value is -2.00. The van der Waals surface area contributed by atoms with E-state index in [1.807, 2.05) is 0 Å². The Labute approximate surface area is 136 Å². The number of benzene rings is 1. The van der Waals surface area contributed by atoms with Crippen molar-refractivity contribution in [2.75, 3.05) is 22.9 Å². The Morgan fingerprint density at radius 1 is 1.23 bits per heavy atom. The number of halogens is 1. The molecule has 0 aliphatic rings. The van der Waals surface area contributed by atoms with Crippen LogP contribution >= 0.6 is 15.9 Å². The van der Waals surface area contributed by atoms with Crippen molar-refractivity contribution < 1.29 is 13.2 Å². The minimum absolute atomic E-state index is 0.130. The molecule has 0 saturated heterocycles. The Kier molecular flexibility index (Phi) is 4.77. The first-order chi connectivity index (χ1) is 10.3. The van der Waals surface area contributed by atoms with E-state index in [9.17, 15) is 13.2 Å². The summed E-state index contributed by atoms with van der Waals surface area (Å²) in [5.74, 6) is -0.363. The van der Waals surface area contributed by atoms with Crippen LogP contribution in [0.1, 0.15) is 10.4 Å². The van der Waals surface area contributed by atoms with Gasteiger partial charge in [0.2, 0.25) is 16.0 Å². The molecule has 0 saturated carbocycles. The highest BCUT2D eigenvalue weighted by Crippen LogP contribution is 2.22. The van der Waals surface area contributed by atoms with E-state index in [1.165, 1.54) is 25.5 Å². The smallest absolute Gasteiger partial charge is 0.260 e. The molecule has 116 valence electrons. The third-order valence-corrected chi connectivity index (χ3v) is 4.43. The zero-order chi connectivity index (χ0) is 16.3. The number of nitrogens with zero attached hydrogens (tertiary/aromatic N) is 3. The minimum Gasteiger partial charge on any atom is -0.290 e. The van der Waals surface area contributed by atoms with E-state index in [4.69, 9.17) is 0 Å². The van der Waals surface area contributed by atoms with Crippen LogP contribution in [0.25, 0.3) is 0 Å². The van der Waals surface area contributed by atoms with E-state index < -0.39 is 15.9 Å². The highest BCUT2D eigenvalue weighted by Gasteiger charge is 2.19. The van der Waals surface area contributed by atoms with Crippen molar-refractivity contribution in [3.63, 3.8) is 0 Å². The molecule has 0 radical (unpaired) electrons. The number of nitrogens with one attached hydrogen (secondary N) is 1. The number of amides is 1. The van der Waals surface area contributed by atoms with Crippen molar-refractivity contribution in [1.82, 2.24) is 9.97 Å². The third kappa shape index (κ3) is 3.80. The fourth-order valence-corrected chi connectivity index (χ4v) is 2.39. The summed E-state index contributed by atoms with van der Waals surface area (Å²) in [6, 6.07) is 6.39. The predicted octanol–water partition coefficient (Wildman–Crippen LogP) is 1.89. The van der Waals surface area contributed by atoms with E-state index in [0.717, 1.165) is 10.6 Å². The van der Waals surface area contributed by atoms with Gasteiger partial charge in [0.1, 0.15) is 0 Å². The molecule has 0 aliphatic carbocycles. The molecule has 1 amide bonds. The Morgan fingerprint density at radius 2 is 1.82 bits per heavy atom. The van der Waals surface area contributed by atoms with Crippen molar-refractivity contribution in [2.45, 2.75) is 0 Å². The van der Waals surface area contributed by atoms with Crippen molar-refractivity contribution in [3.8, 4) is 0 Å². The average Bonchev–Trinajstić information content (AvgIpc) is 2.48. The first kappa shape index (κ1) is 16.4. The summed E-state index contributed by atoms with van der Waals surface area (Å²) in [4.78, 5) is 20.2. The van der Waals surface area contributed by atoms with Crippen molar-refractivity contribution in [2.24, 2.45) is 0 Å². The Balaban J connectivity index is 2.32. The molecule has 9 heteroatoms. The fourth-order valence-electron chi connectivity index (χ4n) is 1.66. The zero-order valence-corrected chi connectivity index (χ0v) is 14.2. The van der Waals surface area contributed by atoms with Gasteiger partial charge in [0, 0.05) is 19.4 Å². The van der Waals surface area contributed by atoms with Crippen LogP contribution in [0.5, 0.6) is 0 Å². The van der Waals surface area contributed by atoms with Crippen LogP contribution in [0.4, 0.5) is 11.6 Å². The predicted molar refractivity (Wildman–Crippen MR) is 87.4 cm³/mol. The normalized spacial score (nSPS) is 11.0. The SMILES string of the molecule is CN(c1ccccc1C(=O)Nc1ncc(Br)cn1)S(C)(=O)=O. The fraction of sp³-hybridized carbons (Fsp3) is 0.154. The van der Waals surface area contributed by atoms with Crippen LogP contribution < -0.4 is 9.62 Å². The molecule has 0 atom stereocenters. The van der Waals surface area contributed by atoms with E-state index in [2.05, 4.69) is 31.2 Å². The highest BCUT2D eigenvalue weighted by molar-refractivity contribution is 9.10. The van der Waals surface area contributed by atoms with Gasteiger partial charge in [-0.25, -0.2) is 18.4 Å². The number of rotatable bonds is 4. The molecule has 0 aliphatic heterocycles. The molecule has 1 aromatic carbocycles. The lowest BCUT2D eigenvalue weighted by Crippen LogP contribution is -2.27. The second-order valence-electron chi connectivity index (χ2n) is 4.43. The number of sulfonamides is 1. The molecule has 0 unspecified atom stereocenters. The maximum atomic E-state index is 12.3. The maximum Gasteiger partial charge on any atom is 0.260 e. The lowest BCUT2D eigenvalue weighted by molar-refractivity contribution is 0.102. The third-order valence-electron chi connectivity index (χ3n) is 2.83. The van der Waals surface area contributed by atoms with Gasteiger partial charge in [0.25, 0.3) is 5.91 Å². The molecule has 0 spiro atoms. The number of carbonyl (C=O) groups is 1. The molecular formula is C13H13BrN4O3S. The molecule has 22 heavy (non-hydrogen) atoms. The van der Waals surface area contributed by atoms with Crippen molar-refractivity contribution in [3.05, 3.63) is 46.7 Å². The number of hydrogen-bond donors (Lipinski definition) is 1. The van der Waals surface area contributed by atoms with Crippen LogP contribution in [0.3, 0.4) is 0 Å². The molecule has 0 fully saturated rings. The van der Waals surface area contributed by atoms with Gasteiger partial charge >= 0.3 is 0 Å². The average molecular weight is 385 g/mol. The second-order valence-corrected chi connectivity index (χ2v) is 7.36. The lowest BCUT2D eigenvalue weighted by atomic mass is 10.1. The molecule has 1 aromatic heterocycles. The molecule has 7 nitrogen and oxygen atoms in total. The first-order valence-electron chi connectivity index (χ1n) is 6.11. The Bertz CT molecular complexity index is 793. The topological polar surface area (TPSA) is 92.3 Å².